The molecule has 0 radical (unpaired) electrons. The molecular formula is C13H16N6OS. The molecule has 1 aliphatic heterocycles. The number of carbonyl (C=O) groups excluding carboxylic acids is 1. The molecule has 110 valence electrons. The van der Waals surface area contributed by atoms with Gasteiger partial charge in [-0.2, -0.15) is 5.10 Å². The first-order valence-electron chi connectivity index (χ1n) is 6.78. The molecule has 0 unspecified atom stereocenters. The van der Waals surface area contributed by atoms with E-state index in [4.69, 9.17) is 0 Å². The average Bonchev–Trinajstić information content (AvgIpc) is 2.94. The van der Waals surface area contributed by atoms with Crippen molar-refractivity contribution >= 4 is 23.3 Å². The molecule has 0 aromatic carbocycles. The van der Waals surface area contributed by atoms with E-state index >= 15 is 0 Å². The van der Waals surface area contributed by atoms with Crippen molar-refractivity contribution in [1.82, 2.24) is 24.7 Å². The predicted molar refractivity (Wildman–Crippen MR) is 79.5 cm³/mol. The molecule has 0 spiro atoms. The van der Waals surface area contributed by atoms with Gasteiger partial charge in [-0.25, -0.2) is 0 Å². The Labute approximate surface area is 126 Å². The SMILES string of the molecule is Cc1ccc(N2CCN(C(=O)c3snnc3C)CC2)nn1. The van der Waals surface area contributed by atoms with Crippen LogP contribution in [0.4, 0.5) is 5.82 Å². The standard InChI is InChI=1S/C13H16N6OS/c1-9-3-4-11(16-14-9)18-5-7-19(8-6-18)13(20)12-10(2)15-17-21-12/h3-4H,5-8H2,1-2H3. The summed E-state index contributed by atoms with van der Waals surface area (Å²) in [6.45, 7) is 6.59. The van der Waals surface area contributed by atoms with Gasteiger partial charge in [-0.15, -0.1) is 10.2 Å². The summed E-state index contributed by atoms with van der Waals surface area (Å²) in [6.07, 6.45) is 0. The second-order valence-electron chi connectivity index (χ2n) is 5.00. The molecule has 2 aromatic rings. The van der Waals surface area contributed by atoms with Crippen molar-refractivity contribution in [2.45, 2.75) is 13.8 Å². The summed E-state index contributed by atoms with van der Waals surface area (Å²) in [6, 6.07) is 3.92. The van der Waals surface area contributed by atoms with Gasteiger partial charge < -0.3 is 9.80 Å². The highest BCUT2D eigenvalue weighted by molar-refractivity contribution is 7.07. The van der Waals surface area contributed by atoms with Gasteiger partial charge in [0, 0.05) is 26.2 Å². The molecule has 0 aliphatic carbocycles. The van der Waals surface area contributed by atoms with E-state index in [0.717, 1.165) is 36.1 Å². The Hall–Kier alpha value is -2.09. The van der Waals surface area contributed by atoms with Crippen molar-refractivity contribution in [2.24, 2.45) is 0 Å². The molecule has 1 aliphatic rings. The van der Waals surface area contributed by atoms with Crippen molar-refractivity contribution in [1.29, 1.82) is 0 Å². The van der Waals surface area contributed by atoms with Gasteiger partial charge in [-0.3, -0.25) is 4.79 Å². The summed E-state index contributed by atoms with van der Waals surface area (Å²) in [5.41, 5.74) is 1.61. The third kappa shape index (κ3) is 2.85. The molecule has 0 bridgehead atoms. The summed E-state index contributed by atoms with van der Waals surface area (Å²) in [5.74, 6) is 0.889. The highest BCUT2D eigenvalue weighted by atomic mass is 32.1. The molecule has 0 atom stereocenters. The zero-order valence-corrected chi connectivity index (χ0v) is 12.8. The van der Waals surface area contributed by atoms with E-state index in [-0.39, 0.29) is 5.91 Å². The maximum absolute atomic E-state index is 12.4. The van der Waals surface area contributed by atoms with E-state index < -0.39 is 0 Å². The van der Waals surface area contributed by atoms with Gasteiger partial charge in [-0.05, 0) is 37.5 Å². The van der Waals surface area contributed by atoms with Crippen LogP contribution in [-0.2, 0) is 0 Å². The maximum atomic E-state index is 12.4. The first-order valence-corrected chi connectivity index (χ1v) is 7.56. The van der Waals surface area contributed by atoms with Crippen LogP contribution in [-0.4, -0.2) is 56.8 Å². The zero-order chi connectivity index (χ0) is 14.8. The third-order valence-electron chi connectivity index (χ3n) is 3.52. The van der Waals surface area contributed by atoms with Crippen molar-refractivity contribution in [3.8, 4) is 0 Å². The van der Waals surface area contributed by atoms with E-state index in [9.17, 15) is 4.79 Å². The minimum Gasteiger partial charge on any atom is -0.352 e. The fourth-order valence-corrected chi connectivity index (χ4v) is 2.90. The second-order valence-corrected chi connectivity index (χ2v) is 5.75. The molecule has 8 heteroatoms. The van der Waals surface area contributed by atoms with Crippen LogP contribution in [0.3, 0.4) is 0 Å². The van der Waals surface area contributed by atoms with Crippen LogP contribution < -0.4 is 4.90 Å². The molecule has 1 saturated heterocycles. The number of nitrogens with zero attached hydrogens (tertiary/aromatic N) is 6. The predicted octanol–water partition coefficient (Wildman–Crippen LogP) is 0.907. The Kier molecular flexibility index (Phi) is 3.78. The number of rotatable bonds is 2. The molecule has 1 amide bonds. The number of aromatic nitrogens is 4. The van der Waals surface area contributed by atoms with Crippen LogP contribution in [0.1, 0.15) is 21.1 Å². The summed E-state index contributed by atoms with van der Waals surface area (Å²) < 4.78 is 3.82. The molecule has 7 nitrogen and oxygen atoms in total. The number of hydrogen-bond donors (Lipinski definition) is 0. The van der Waals surface area contributed by atoms with E-state index in [1.807, 2.05) is 30.9 Å². The van der Waals surface area contributed by atoms with Gasteiger partial charge >= 0.3 is 0 Å². The molecule has 0 N–H and O–H groups in total. The Morgan fingerprint density at radius 2 is 1.86 bits per heavy atom. The minimum absolute atomic E-state index is 0.0251. The Bertz CT molecular complexity index is 632. The fraction of sp³-hybridized carbons (Fsp3) is 0.462. The molecule has 3 rings (SSSR count). The van der Waals surface area contributed by atoms with Gasteiger partial charge in [0.15, 0.2) is 5.82 Å². The van der Waals surface area contributed by atoms with Crippen molar-refractivity contribution < 1.29 is 4.79 Å². The Morgan fingerprint density at radius 1 is 1.10 bits per heavy atom. The largest absolute Gasteiger partial charge is 0.352 e. The summed E-state index contributed by atoms with van der Waals surface area (Å²) in [4.78, 5) is 17.0. The Morgan fingerprint density at radius 3 is 2.43 bits per heavy atom. The van der Waals surface area contributed by atoms with Crippen molar-refractivity contribution in [3.05, 3.63) is 28.4 Å². The summed E-state index contributed by atoms with van der Waals surface area (Å²) in [5, 5.41) is 12.2. The molecular weight excluding hydrogens is 288 g/mol. The first kappa shape index (κ1) is 13.9. The van der Waals surface area contributed by atoms with E-state index in [1.165, 1.54) is 0 Å². The lowest BCUT2D eigenvalue weighted by Crippen LogP contribution is -2.49. The third-order valence-corrected chi connectivity index (χ3v) is 4.34. The smallest absolute Gasteiger partial charge is 0.267 e. The van der Waals surface area contributed by atoms with Gasteiger partial charge in [0.1, 0.15) is 4.88 Å². The van der Waals surface area contributed by atoms with E-state index in [2.05, 4.69) is 24.7 Å². The number of amides is 1. The quantitative estimate of drug-likeness (QED) is 0.821. The lowest BCUT2D eigenvalue weighted by atomic mass is 10.2. The van der Waals surface area contributed by atoms with Gasteiger partial charge in [0.2, 0.25) is 0 Å². The van der Waals surface area contributed by atoms with Crippen molar-refractivity contribution in [2.75, 3.05) is 31.1 Å². The summed E-state index contributed by atoms with van der Waals surface area (Å²) >= 11 is 1.16. The lowest BCUT2D eigenvalue weighted by molar-refractivity contribution is 0.0750. The number of anilines is 1. The second kappa shape index (κ2) is 5.72. The normalized spacial score (nSPS) is 15.3. The van der Waals surface area contributed by atoms with Crippen LogP contribution in [0.5, 0.6) is 0 Å². The monoisotopic (exact) mass is 304 g/mol. The number of aryl methyl sites for hydroxylation is 2. The lowest BCUT2D eigenvalue weighted by Gasteiger charge is -2.34. The van der Waals surface area contributed by atoms with E-state index in [0.29, 0.717) is 23.7 Å². The highest BCUT2D eigenvalue weighted by Crippen LogP contribution is 2.17. The first-order chi connectivity index (χ1) is 10.1. The Balaban J connectivity index is 1.64. The van der Waals surface area contributed by atoms with Crippen molar-refractivity contribution in [3.63, 3.8) is 0 Å². The van der Waals surface area contributed by atoms with Crippen LogP contribution in [0.2, 0.25) is 0 Å². The van der Waals surface area contributed by atoms with Gasteiger partial charge in [0.25, 0.3) is 5.91 Å². The number of piperazine rings is 1. The van der Waals surface area contributed by atoms with Gasteiger partial charge in [-0.1, -0.05) is 4.49 Å². The zero-order valence-electron chi connectivity index (χ0n) is 12.0. The highest BCUT2D eigenvalue weighted by Gasteiger charge is 2.25. The molecule has 3 heterocycles. The topological polar surface area (TPSA) is 75.1 Å². The van der Waals surface area contributed by atoms with Crippen LogP contribution in [0, 0.1) is 13.8 Å². The molecule has 1 fully saturated rings. The maximum Gasteiger partial charge on any atom is 0.267 e. The van der Waals surface area contributed by atoms with Crippen LogP contribution >= 0.6 is 11.5 Å². The minimum atomic E-state index is 0.0251. The van der Waals surface area contributed by atoms with Gasteiger partial charge in [0.05, 0.1) is 11.4 Å². The molecule has 21 heavy (non-hydrogen) atoms. The molecule has 0 saturated carbocycles. The number of carbonyl (C=O) groups is 1. The molecule has 2 aromatic heterocycles. The van der Waals surface area contributed by atoms with Crippen LogP contribution in [0.15, 0.2) is 12.1 Å². The van der Waals surface area contributed by atoms with E-state index in [1.54, 1.807) is 0 Å². The summed E-state index contributed by atoms with van der Waals surface area (Å²) in [7, 11) is 0. The fourth-order valence-electron chi connectivity index (χ4n) is 2.27. The van der Waals surface area contributed by atoms with Crippen LogP contribution in [0.25, 0.3) is 0 Å². The number of hydrogen-bond acceptors (Lipinski definition) is 7. The average molecular weight is 304 g/mol.